The molecule has 0 radical (unpaired) electrons. The second kappa shape index (κ2) is 10.8. The van der Waals surface area contributed by atoms with Gasteiger partial charge in [-0.15, -0.1) is 0 Å². The summed E-state index contributed by atoms with van der Waals surface area (Å²) in [7, 11) is 0. The van der Waals surface area contributed by atoms with Crippen molar-refractivity contribution in [2.45, 2.75) is 50.0 Å². The van der Waals surface area contributed by atoms with E-state index in [1.54, 1.807) is 0 Å². The first-order valence-electron chi connectivity index (χ1n) is 11.6. The number of aliphatic hydroxyl groups is 2. The molecule has 1 aliphatic rings. The minimum atomic E-state index is -0.828. The Balaban J connectivity index is 1.47. The van der Waals surface area contributed by atoms with Gasteiger partial charge < -0.3 is 21.3 Å². The minimum absolute atomic E-state index is 0.175. The molecule has 3 aromatic rings. The molecule has 172 valence electrons. The van der Waals surface area contributed by atoms with Crippen LogP contribution in [0.4, 0.5) is 0 Å². The number of amides is 1. The summed E-state index contributed by atoms with van der Waals surface area (Å²) < 4.78 is 0. The number of fused-ring (bicyclic) bond motifs is 1. The van der Waals surface area contributed by atoms with Crippen molar-refractivity contribution in [1.82, 2.24) is 5.32 Å². The number of hydrogen-bond donors (Lipinski definition) is 4. The SMILES string of the molecule is N[C@@H](Cc1ccccc1)[C@@H](O)C[C@H](Cc1ccccc1)C(=O)N[C@H]1c2ccccc2C[C@H]1O. The zero-order chi connectivity index (χ0) is 23.2. The molecule has 1 aliphatic carbocycles. The summed E-state index contributed by atoms with van der Waals surface area (Å²) in [5.41, 5.74) is 10.4. The Morgan fingerprint density at radius 1 is 0.909 bits per heavy atom. The molecule has 0 heterocycles. The molecular weight excluding hydrogens is 412 g/mol. The maximum Gasteiger partial charge on any atom is 0.224 e. The van der Waals surface area contributed by atoms with Crippen molar-refractivity contribution in [3.05, 3.63) is 107 Å². The number of nitrogens with one attached hydrogen (secondary N) is 1. The Kier molecular flexibility index (Phi) is 7.55. The van der Waals surface area contributed by atoms with E-state index in [-0.39, 0.29) is 12.3 Å². The average molecular weight is 445 g/mol. The van der Waals surface area contributed by atoms with E-state index >= 15 is 0 Å². The summed E-state index contributed by atoms with van der Waals surface area (Å²) in [6.07, 6.45) is 0.316. The largest absolute Gasteiger partial charge is 0.391 e. The standard InChI is InChI=1S/C28H32N2O3/c29-24(16-20-11-5-2-6-12-20)25(31)18-22(15-19-9-3-1-4-10-19)28(33)30-27-23-14-8-7-13-21(23)17-26(27)32/h1-14,22,24-27,31-32H,15-18,29H2,(H,30,33)/t22-,24-,25-,26+,27-/m0/s1. The van der Waals surface area contributed by atoms with Gasteiger partial charge in [-0.05, 0) is 41.5 Å². The van der Waals surface area contributed by atoms with Crippen molar-refractivity contribution in [2.24, 2.45) is 11.7 Å². The van der Waals surface area contributed by atoms with Gasteiger partial charge >= 0.3 is 0 Å². The Bertz CT molecular complexity index is 1040. The zero-order valence-corrected chi connectivity index (χ0v) is 18.7. The topological polar surface area (TPSA) is 95.6 Å². The lowest BCUT2D eigenvalue weighted by Crippen LogP contribution is -2.43. The van der Waals surface area contributed by atoms with E-state index in [4.69, 9.17) is 5.73 Å². The lowest BCUT2D eigenvalue weighted by Gasteiger charge is -2.26. The molecule has 33 heavy (non-hydrogen) atoms. The molecule has 5 atom stereocenters. The van der Waals surface area contributed by atoms with Gasteiger partial charge in [0.05, 0.1) is 18.2 Å². The Labute approximate surface area is 195 Å². The van der Waals surface area contributed by atoms with Crippen LogP contribution in [0, 0.1) is 5.92 Å². The second-order valence-corrected chi connectivity index (χ2v) is 9.00. The van der Waals surface area contributed by atoms with E-state index in [0.717, 1.165) is 22.3 Å². The van der Waals surface area contributed by atoms with Crippen molar-refractivity contribution in [3.8, 4) is 0 Å². The molecule has 0 saturated heterocycles. The first kappa shape index (κ1) is 23.2. The van der Waals surface area contributed by atoms with Crippen molar-refractivity contribution >= 4 is 5.91 Å². The molecule has 0 aliphatic heterocycles. The van der Waals surface area contributed by atoms with Gasteiger partial charge in [0.1, 0.15) is 0 Å². The lowest BCUT2D eigenvalue weighted by atomic mass is 9.88. The molecule has 1 amide bonds. The molecule has 4 rings (SSSR count). The summed E-state index contributed by atoms with van der Waals surface area (Å²) in [5.74, 6) is -0.644. The quantitative estimate of drug-likeness (QED) is 0.408. The van der Waals surface area contributed by atoms with Gasteiger partial charge in [-0.25, -0.2) is 0 Å². The van der Waals surface area contributed by atoms with Crippen LogP contribution in [-0.4, -0.2) is 34.4 Å². The number of carbonyl (C=O) groups is 1. The van der Waals surface area contributed by atoms with Crippen LogP contribution >= 0.6 is 0 Å². The fourth-order valence-corrected chi connectivity index (χ4v) is 4.69. The smallest absolute Gasteiger partial charge is 0.224 e. The molecule has 5 N–H and O–H groups in total. The van der Waals surface area contributed by atoms with Gasteiger partial charge in [-0.2, -0.15) is 0 Å². The van der Waals surface area contributed by atoms with Crippen LogP contribution in [0.3, 0.4) is 0 Å². The Morgan fingerprint density at radius 2 is 1.48 bits per heavy atom. The normalized spacial score (nSPS) is 20.0. The third-order valence-electron chi connectivity index (χ3n) is 6.53. The molecule has 0 spiro atoms. The zero-order valence-electron chi connectivity index (χ0n) is 18.7. The highest BCUT2D eigenvalue weighted by atomic mass is 16.3. The van der Waals surface area contributed by atoms with Crippen LogP contribution in [0.5, 0.6) is 0 Å². The summed E-state index contributed by atoms with van der Waals surface area (Å²) in [4.78, 5) is 13.4. The predicted octanol–water partition coefficient (Wildman–Crippen LogP) is 2.94. The molecule has 5 heteroatoms. The highest BCUT2D eigenvalue weighted by Crippen LogP contribution is 2.32. The van der Waals surface area contributed by atoms with E-state index in [1.807, 2.05) is 84.9 Å². The van der Waals surface area contributed by atoms with E-state index in [1.165, 1.54) is 0 Å². The van der Waals surface area contributed by atoms with Crippen LogP contribution in [0.15, 0.2) is 84.9 Å². The fourth-order valence-electron chi connectivity index (χ4n) is 4.69. The third-order valence-corrected chi connectivity index (χ3v) is 6.53. The predicted molar refractivity (Wildman–Crippen MR) is 129 cm³/mol. The van der Waals surface area contributed by atoms with Crippen molar-refractivity contribution in [3.63, 3.8) is 0 Å². The van der Waals surface area contributed by atoms with E-state index in [2.05, 4.69) is 5.32 Å². The first-order chi connectivity index (χ1) is 16.0. The summed E-state index contributed by atoms with van der Waals surface area (Å²) in [6, 6.07) is 26.5. The molecule has 0 saturated carbocycles. The number of rotatable bonds is 9. The van der Waals surface area contributed by atoms with E-state index in [0.29, 0.717) is 19.3 Å². The number of nitrogens with two attached hydrogens (primary N) is 1. The monoisotopic (exact) mass is 444 g/mol. The summed E-state index contributed by atoms with van der Waals surface area (Å²) in [5, 5.41) is 24.5. The van der Waals surface area contributed by atoms with Gasteiger partial charge in [0, 0.05) is 18.4 Å². The minimum Gasteiger partial charge on any atom is -0.391 e. The van der Waals surface area contributed by atoms with Crippen LogP contribution in [-0.2, 0) is 24.1 Å². The molecule has 5 nitrogen and oxygen atoms in total. The molecular formula is C28H32N2O3. The van der Waals surface area contributed by atoms with E-state index < -0.39 is 30.2 Å². The molecule has 0 bridgehead atoms. The number of benzene rings is 3. The Hall–Kier alpha value is -2.99. The van der Waals surface area contributed by atoms with Crippen LogP contribution in [0.2, 0.25) is 0 Å². The Morgan fingerprint density at radius 3 is 2.15 bits per heavy atom. The summed E-state index contributed by atoms with van der Waals surface area (Å²) >= 11 is 0. The highest BCUT2D eigenvalue weighted by Gasteiger charge is 2.34. The summed E-state index contributed by atoms with van der Waals surface area (Å²) in [6.45, 7) is 0. The molecule has 0 unspecified atom stereocenters. The average Bonchev–Trinajstić information content (AvgIpc) is 3.14. The van der Waals surface area contributed by atoms with Crippen molar-refractivity contribution < 1.29 is 15.0 Å². The van der Waals surface area contributed by atoms with Gasteiger partial charge in [-0.1, -0.05) is 84.9 Å². The maximum atomic E-state index is 13.4. The van der Waals surface area contributed by atoms with Crippen molar-refractivity contribution in [2.75, 3.05) is 0 Å². The number of hydrogen-bond acceptors (Lipinski definition) is 4. The second-order valence-electron chi connectivity index (χ2n) is 9.00. The maximum absolute atomic E-state index is 13.4. The highest BCUT2D eigenvalue weighted by molar-refractivity contribution is 5.80. The number of aliphatic hydroxyl groups excluding tert-OH is 2. The molecule has 0 fully saturated rings. The van der Waals surface area contributed by atoms with Crippen LogP contribution in [0.25, 0.3) is 0 Å². The van der Waals surface area contributed by atoms with Crippen LogP contribution < -0.4 is 11.1 Å². The number of carbonyl (C=O) groups excluding carboxylic acids is 1. The first-order valence-corrected chi connectivity index (χ1v) is 11.6. The van der Waals surface area contributed by atoms with Gasteiger partial charge in [-0.3, -0.25) is 4.79 Å². The van der Waals surface area contributed by atoms with E-state index in [9.17, 15) is 15.0 Å². The van der Waals surface area contributed by atoms with Crippen molar-refractivity contribution in [1.29, 1.82) is 0 Å². The fraction of sp³-hybridized carbons (Fsp3) is 0.321. The van der Waals surface area contributed by atoms with Gasteiger partial charge in [0.2, 0.25) is 5.91 Å². The van der Waals surface area contributed by atoms with Crippen LogP contribution in [0.1, 0.15) is 34.7 Å². The third kappa shape index (κ3) is 5.88. The molecule has 3 aromatic carbocycles. The molecule has 0 aromatic heterocycles. The lowest BCUT2D eigenvalue weighted by molar-refractivity contribution is -0.127. The van der Waals surface area contributed by atoms with Gasteiger partial charge in [0.15, 0.2) is 0 Å². The van der Waals surface area contributed by atoms with Gasteiger partial charge in [0.25, 0.3) is 0 Å².